The molecule has 0 unspecified atom stereocenters. The van der Waals surface area contributed by atoms with E-state index in [4.69, 9.17) is 4.74 Å². The van der Waals surface area contributed by atoms with E-state index in [1.165, 1.54) is 6.20 Å². The zero-order chi connectivity index (χ0) is 23.7. The van der Waals surface area contributed by atoms with Crippen LogP contribution in [0.15, 0.2) is 35.4 Å². The van der Waals surface area contributed by atoms with E-state index in [-0.39, 0.29) is 29.5 Å². The molecule has 0 radical (unpaired) electrons. The molecular formula is C23H29N7O4. The Morgan fingerprint density at radius 3 is 2.94 bits per heavy atom. The summed E-state index contributed by atoms with van der Waals surface area (Å²) < 4.78 is 8.79. The van der Waals surface area contributed by atoms with Crippen molar-refractivity contribution in [3.05, 3.63) is 46.5 Å². The van der Waals surface area contributed by atoms with Crippen molar-refractivity contribution in [2.75, 3.05) is 44.0 Å². The summed E-state index contributed by atoms with van der Waals surface area (Å²) in [6.45, 7) is 1.70. The van der Waals surface area contributed by atoms with E-state index in [1.54, 1.807) is 34.5 Å². The molecule has 11 heteroatoms. The van der Waals surface area contributed by atoms with Gasteiger partial charge in [0.25, 0.3) is 11.5 Å². The van der Waals surface area contributed by atoms with Gasteiger partial charge in [-0.25, -0.2) is 4.98 Å². The van der Waals surface area contributed by atoms with Crippen molar-refractivity contribution < 1.29 is 14.6 Å². The van der Waals surface area contributed by atoms with Crippen LogP contribution < -0.4 is 21.5 Å². The normalized spacial score (nSPS) is 19.1. The molecule has 34 heavy (non-hydrogen) atoms. The lowest BCUT2D eigenvalue weighted by Gasteiger charge is -2.24. The number of amides is 1. The van der Waals surface area contributed by atoms with Crippen LogP contribution in [0.4, 0.5) is 17.3 Å². The smallest absolute Gasteiger partial charge is 0.274 e. The molecule has 3 aromatic rings. The number of carbonyl (C=O) groups excluding carboxylic acids is 1. The lowest BCUT2D eigenvalue weighted by molar-refractivity contribution is 0.0581. The standard InChI is InChI=1S/C23H29N7O4/c1-24-19-10-18(27-17-5-2-8-29(22(17)33)15-4-3-9-34-12-15)28-20-16(11-26-30(19)20)21(32)25-13-23(14-31)6-7-23/h2,5,8,10-11,15,24,31H,3-4,6-7,9,12-14H2,1H3,(H,25,32)(H,27,28)/t15-/m1/s1. The number of hydrogen-bond acceptors (Lipinski definition) is 8. The predicted molar refractivity (Wildman–Crippen MR) is 127 cm³/mol. The number of nitrogens with one attached hydrogen (secondary N) is 3. The third-order valence-corrected chi connectivity index (χ3v) is 6.66. The van der Waals surface area contributed by atoms with Crippen molar-refractivity contribution in [2.24, 2.45) is 5.41 Å². The van der Waals surface area contributed by atoms with Gasteiger partial charge in [0.15, 0.2) is 5.65 Å². The van der Waals surface area contributed by atoms with Crippen LogP contribution in [0.1, 0.15) is 42.1 Å². The summed E-state index contributed by atoms with van der Waals surface area (Å²) in [5.74, 6) is 0.716. The summed E-state index contributed by atoms with van der Waals surface area (Å²) in [5.41, 5.74) is 0.703. The molecule has 1 atom stereocenters. The number of hydrogen-bond donors (Lipinski definition) is 4. The number of carbonyl (C=O) groups is 1. The second kappa shape index (κ2) is 9.07. The minimum absolute atomic E-state index is 0.00474. The number of aliphatic hydroxyl groups excluding tert-OH is 1. The highest BCUT2D eigenvalue weighted by atomic mass is 16.5. The molecule has 0 aromatic carbocycles. The van der Waals surface area contributed by atoms with Crippen molar-refractivity contribution in [1.29, 1.82) is 0 Å². The highest BCUT2D eigenvalue weighted by Gasteiger charge is 2.42. The maximum absolute atomic E-state index is 13.1. The summed E-state index contributed by atoms with van der Waals surface area (Å²) in [4.78, 5) is 30.6. The van der Waals surface area contributed by atoms with Crippen molar-refractivity contribution in [3.63, 3.8) is 0 Å². The third-order valence-electron chi connectivity index (χ3n) is 6.66. The average Bonchev–Trinajstić information content (AvgIpc) is 3.53. The topological polar surface area (TPSA) is 135 Å². The first kappa shape index (κ1) is 22.4. The minimum atomic E-state index is -0.305. The van der Waals surface area contributed by atoms with Gasteiger partial charge >= 0.3 is 0 Å². The van der Waals surface area contributed by atoms with Crippen LogP contribution in [0.25, 0.3) is 5.65 Å². The number of nitrogens with zero attached hydrogens (tertiary/aromatic N) is 4. The summed E-state index contributed by atoms with van der Waals surface area (Å²) >= 11 is 0. The van der Waals surface area contributed by atoms with E-state index < -0.39 is 0 Å². The van der Waals surface area contributed by atoms with Crippen LogP contribution in [0.5, 0.6) is 0 Å². The van der Waals surface area contributed by atoms with Gasteiger partial charge in [0.2, 0.25) is 0 Å². The maximum atomic E-state index is 13.1. The van der Waals surface area contributed by atoms with Crippen LogP contribution in [-0.4, -0.2) is 63.6 Å². The zero-order valence-electron chi connectivity index (χ0n) is 19.1. The van der Waals surface area contributed by atoms with Gasteiger partial charge in [-0.05, 0) is 37.8 Å². The molecule has 1 saturated heterocycles. The Balaban J connectivity index is 1.43. The largest absolute Gasteiger partial charge is 0.396 e. The Hall–Kier alpha value is -3.44. The Morgan fingerprint density at radius 1 is 1.38 bits per heavy atom. The van der Waals surface area contributed by atoms with Crippen LogP contribution in [0.2, 0.25) is 0 Å². The quantitative estimate of drug-likeness (QED) is 0.392. The van der Waals surface area contributed by atoms with Gasteiger partial charge < -0.3 is 30.4 Å². The van der Waals surface area contributed by atoms with Gasteiger partial charge in [-0.3, -0.25) is 9.59 Å². The van der Waals surface area contributed by atoms with E-state index in [2.05, 4.69) is 26.0 Å². The fraction of sp³-hybridized carbons (Fsp3) is 0.478. The molecule has 11 nitrogen and oxygen atoms in total. The monoisotopic (exact) mass is 467 g/mol. The number of fused-ring (bicyclic) bond motifs is 1. The average molecular weight is 468 g/mol. The Morgan fingerprint density at radius 2 is 2.24 bits per heavy atom. The summed E-state index contributed by atoms with van der Waals surface area (Å²) in [6, 6.07) is 5.27. The maximum Gasteiger partial charge on any atom is 0.274 e. The van der Waals surface area contributed by atoms with Crippen molar-refractivity contribution in [1.82, 2.24) is 24.5 Å². The number of pyridine rings is 1. The lowest BCUT2D eigenvalue weighted by Crippen LogP contribution is -2.32. The number of aliphatic hydroxyl groups is 1. The van der Waals surface area contributed by atoms with Crippen LogP contribution in [0.3, 0.4) is 0 Å². The number of aromatic nitrogens is 4. The van der Waals surface area contributed by atoms with Crippen LogP contribution >= 0.6 is 0 Å². The van der Waals surface area contributed by atoms with Gasteiger partial charge in [0.1, 0.15) is 22.9 Å². The van der Waals surface area contributed by atoms with E-state index in [0.717, 1.165) is 32.3 Å². The molecule has 2 aliphatic rings. The van der Waals surface area contributed by atoms with Gasteiger partial charge in [0, 0.05) is 37.9 Å². The van der Waals surface area contributed by atoms with E-state index >= 15 is 0 Å². The van der Waals surface area contributed by atoms with Crippen molar-refractivity contribution >= 4 is 28.9 Å². The lowest BCUT2D eigenvalue weighted by atomic mass is 10.1. The first-order valence-electron chi connectivity index (χ1n) is 11.6. The molecule has 5 rings (SSSR count). The Bertz CT molecular complexity index is 1260. The van der Waals surface area contributed by atoms with Crippen molar-refractivity contribution in [2.45, 2.75) is 31.7 Å². The van der Waals surface area contributed by atoms with Gasteiger partial charge in [0.05, 0.1) is 25.5 Å². The molecule has 3 aromatic heterocycles. The van der Waals surface area contributed by atoms with Gasteiger partial charge in [-0.2, -0.15) is 9.61 Å². The molecule has 4 heterocycles. The Labute approximate surface area is 196 Å². The fourth-order valence-electron chi connectivity index (χ4n) is 4.27. The molecule has 0 spiro atoms. The fourth-order valence-corrected chi connectivity index (χ4v) is 4.27. The molecule has 2 fully saturated rings. The summed E-state index contributed by atoms with van der Waals surface area (Å²) in [6.07, 6.45) is 6.86. The second-order valence-electron chi connectivity index (χ2n) is 9.04. The number of rotatable bonds is 8. The van der Waals surface area contributed by atoms with E-state index in [9.17, 15) is 14.7 Å². The molecule has 1 aliphatic carbocycles. The first-order valence-corrected chi connectivity index (χ1v) is 11.6. The van der Waals surface area contributed by atoms with Gasteiger partial charge in [-0.15, -0.1) is 0 Å². The summed E-state index contributed by atoms with van der Waals surface area (Å²) in [7, 11) is 1.75. The van der Waals surface area contributed by atoms with Gasteiger partial charge in [-0.1, -0.05) is 0 Å². The Kier molecular flexibility index (Phi) is 5.96. The van der Waals surface area contributed by atoms with Crippen molar-refractivity contribution in [3.8, 4) is 0 Å². The minimum Gasteiger partial charge on any atom is -0.396 e. The summed E-state index contributed by atoms with van der Waals surface area (Å²) in [5, 5.41) is 22.9. The molecule has 1 saturated carbocycles. The second-order valence-corrected chi connectivity index (χ2v) is 9.04. The highest BCUT2D eigenvalue weighted by molar-refractivity contribution is 6.00. The molecule has 1 amide bonds. The van der Waals surface area contributed by atoms with Crippen LogP contribution in [0, 0.1) is 5.41 Å². The SMILES string of the molecule is CNc1cc(Nc2cccn([C@@H]3CCCOC3)c2=O)nc2c(C(=O)NCC3(CO)CC3)cnn12. The molecular weight excluding hydrogens is 438 g/mol. The number of ether oxygens (including phenoxy) is 1. The van der Waals surface area contributed by atoms with E-state index in [1.807, 2.05) is 6.07 Å². The zero-order valence-corrected chi connectivity index (χ0v) is 19.1. The third kappa shape index (κ3) is 4.24. The number of anilines is 3. The highest BCUT2D eigenvalue weighted by Crippen LogP contribution is 2.44. The molecule has 0 bridgehead atoms. The molecule has 180 valence electrons. The molecule has 1 aliphatic heterocycles. The first-order chi connectivity index (χ1) is 16.5. The van der Waals surface area contributed by atoms with Crippen LogP contribution in [-0.2, 0) is 4.74 Å². The van der Waals surface area contributed by atoms with E-state index in [0.29, 0.717) is 41.7 Å². The predicted octanol–water partition coefficient (Wildman–Crippen LogP) is 1.53. The molecule has 4 N–H and O–H groups in total.